The number of hydrogen-bond acceptors (Lipinski definition) is 6. The fourth-order valence-corrected chi connectivity index (χ4v) is 5.48. The van der Waals surface area contributed by atoms with E-state index in [9.17, 15) is 15.0 Å². The predicted molar refractivity (Wildman–Crippen MR) is 123 cm³/mol. The second-order valence-electron chi connectivity index (χ2n) is 8.98. The smallest absolute Gasteiger partial charge is 0.316 e. The lowest BCUT2D eigenvalue weighted by molar-refractivity contribution is -0.0107. The summed E-state index contributed by atoms with van der Waals surface area (Å²) in [5.74, 6) is 1.01. The number of carbonyl (C=O) groups is 1. The molecular formula is C23H27ClN4O4. The standard InChI is InChI=1S/C23H27ClN4O4/c24-15-1-4-21-14(9-15)11-23(32-21)5-7-27(8-6-23)19-12-28(13-20(19)30)18-10-16(29)2-3-17(18)26-22(25)31/h1-4,9-10,19-20,29-30H,5-8,11-13H2,(H3,25,26,31)/t19?,20-/m1/s1. The van der Waals surface area contributed by atoms with E-state index in [1.54, 1.807) is 12.1 Å². The van der Waals surface area contributed by atoms with Gasteiger partial charge in [-0.2, -0.15) is 0 Å². The summed E-state index contributed by atoms with van der Waals surface area (Å²) in [6.07, 6.45) is 2.07. The number of carbonyl (C=O) groups excluding carboxylic acids is 1. The number of β-amino-alcohol motifs (C(OH)–C–C–N with tert-alkyl or cyclic N) is 1. The molecule has 2 aromatic rings. The Morgan fingerprint density at radius 3 is 2.72 bits per heavy atom. The summed E-state index contributed by atoms with van der Waals surface area (Å²) in [4.78, 5) is 15.7. The Kier molecular flexibility index (Phi) is 5.31. The van der Waals surface area contributed by atoms with Crippen LogP contribution in [0.4, 0.5) is 16.2 Å². The van der Waals surface area contributed by atoms with Crippen molar-refractivity contribution in [1.29, 1.82) is 0 Å². The van der Waals surface area contributed by atoms with Gasteiger partial charge in [-0.3, -0.25) is 4.90 Å². The molecule has 5 rings (SSSR count). The van der Waals surface area contributed by atoms with Gasteiger partial charge in [0.2, 0.25) is 0 Å². The van der Waals surface area contributed by atoms with Crippen LogP contribution in [0.2, 0.25) is 5.02 Å². The van der Waals surface area contributed by atoms with Gasteiger partial charge in [0.1, 0.15) is 17.1 Å². The predicted octanol–water partition coefficient (Wildman–Crippen LogP) is 2.56. The van der Waals surface area contributed by atoms with Crippen molar-refractivity contribution in [3.63, 3.8) is 0 Å². The Morgan fingerprint density at radius 1 is 1.19 bits per heavy atom. The molecule has 5 N–H and O–H groups in total. The van der Waals surface area contributed by atoms with E-state index >= 15 is 0 Å². The first-order valence-corrected chi connectivity index (χ1v) is 11.2. The van der Waals surface area contributed by atoms with Crippen LogP contribution in [-0.4, -0.2) is 65.1 Å². The molecule has 0 aromatic heterocycles. The number of ether oxygens (including phenoxy) is 1. The number of anilines is 2. The summed E-state index contributed by atoms with van der Waals surface area (Å²) >= 11 is 6.15. The minimum atomic E-state index is -0.673. The zero-order chi connectivity index (χ0) is 22.5. The third-order valence-corrected chi connectivity index (χ3v) is 7.11. The summed E-state index contributed by atoms with van der Waals surface area (Å²) in [5.41, 5.74) is 7.41. The molecule has 32 heavy (non-hydrogen) atoms. The van der Waals surface area contributed by atoms with E-state index in [0.29, 0.717) is 24.5 Å². The molecule has 1 spiro atoms. The summed E-state index contributed by atoms with van der Waals surface area (Å²) in [6, 6.07) is 9.77. The van der Waals surface area contributed by atoms with Crippen LogP contribution in [0, 0.1) is 0 Å². The van der Waals surface area contributed by atoms with Crippen LogP contribution < -0.4 is 20.7 Å². The van der Waals surface area contributed by atoms with E-state index in [1.807, 2.05) is 23.1 Å². The second-order valence-corrected chi connectivity index (χ2v) is 9.42. The lowest BCUT2D eigenvalue weighted by Gasteiger charge is -2.41. The second kappa shape index (κ2) is 8.03. The van der Waals surface area contributed by atoms with Gasteiger partial charge in [0, 0.05) is 56.5 Å². The summed E-state index contributed by atoms with van der Waals surface area (Å²) < 4.78 is 6.35. The minimum Gasteiger partial charge on any atom is -0.508 e. The third kappa shape index (κ3) is 3.94. The highest BCUT2D eigenvalue weighted by atomic mass is 35.5. The van der Waals surface area contributed by atoms with E-state index in [4.69, 9.17) is 22.1 Å². The lowest BCUT2D eigenvalue weighted by Crippen LogP contribution is -2.53. The van der Waals surface area contributed by atoms with Crippen molar-refractivity contribution in [3.8, 4) is 11.5 Å². The number of piperidine rings is 1. The Labute approximate surface area is 191 Å². The molecule has 170 valence electrons. The number of phenols is 1. The molecule has 1 unspecified atom stereocenters. The van der Waals surface area contributed by atoms with Gasteiger partial charge in [-0.05, 0) is 35.9 Å². The van der Waals surface area contributed by atoms with Crippen molar-refractivity contribution < 1.29 is 19.7 Å². The van der Waals surface area contributed by atoms with Gasteiger partial charge >= 0.3 is 6.03 Å². The molecule has 0 saturated carbocycles. The number of aromatic hydroxyl groups is 1. The van der Waals surface area contributed by atoms with Crippen LogP contribution in [0.15, 0.2) is 36.4 Å². The van der Waals surface area contributed by atoms with Gasteiger partial charge < -0.3 is 30.9 Å². The topological polar surface area (TPSA) is 111 Å². The molecule has 2 fully saturated rings. The van der Waals surface area contributed by atoms with Crippen molar-refractivity contribution in [2.75, 3.05) is 36.4 Å². The third-order valence-electron chi connectivity index (χ3n) is 6.88. The zero-order valence-corrected chi connectivity index (χ0v) is 18.4. The Hall–Kier alpha value is -2.68. The number of nitrogens with two attached hydrogens (primary N) is 1. The largest absolute Gasteiger partial charge is 0.508 e. The maximum atomic E-state index is 11.4. The van der Waals surface area contributed by atoms with Crippen molar-refractivity contribution in [3.05, 3.63) is 47.0 Å². The Bertz CT molecular complexity index is 1040. The van der Waals surface area contributed by atoms with E-state index < -0.39 is 12.1 Å². The van der Waals surface area contributed by atoms with Crippen LogP contribution >= 0.6 is 11.6 Å². The number of amides is 2. The summed E-state index contributed by atoms with van der Waals surface area (Å²) in [6.45, 7) is 2.64. The Morgan fingerprint density at radius 2 is 1.97 bits per heavy atom. The van der Waals surface area contributed by atoms with Gasteiger partial charge in [-0.15, -0.1) is 0 Å². The molecule has 8 nitrogen and oxygen atoms in total. The van der Waals surface area contributed by atoms with Crippen LogP contribution in [0.3, 0.4) is 0 Å². The molecule has 3 aliphatic heterocycles. The normalized spacial score (nSPS) is 24.4. The van der Waals surface area contributed by atoms with E-state index in [-0.39, 0.29) is 17.4 Å². The quantitative estimate of drug-likeness (QED) is 0.526. The number of aliphatic hydroxyl groups excluding tert-OH is 1. The minimum absolute atomic E-state index is 0.0469. The van der Waals surface area contributed by atoms with Crippen LogP contribution in [0.1, 0.15) is 18.4 Å². The number of aliphatic hydroxyl groups is 1. The number of likely N-dealkylation sites (tertiary alicyclic amines) is 1. The number of hydrogen-bond donors (Lipinski definition) is 4. The molecule has 3 aliphatic rings. The highest BCUT2D eigenvalue weighted by Gasteiger charge is 2.45. The Balaban J connectivity index is 1.26. The van der Waals surface area contributed by atoms with Gasteiger partial charge in [0.25, 0.3) is 0 Å². The van der Waals surface area contributed by atoms with E-state index in [1.165, 1.54) is 6.07 Å². The van der Waals surface area contributed by atoms with E-state index in [2.05, 4.69) is 10.2 Å². The first-order valence-electron chi connectivity index (χ1n) is 10.9. The van der Waals surface area contributed by atoms with Gasteiger partial charge in [0.05, 0.1) is 23.5 Å². The van der Waals surface area contributed by atoms with Gasteiger partial charge in [0.15, 0.2) is 0 Å². The molecular weight excluding hydrogens is 432 g/mol. The van der Waals surface area contributed by atoms with Crippen molar-refractivity contribution in [2.45, 2.75) is 37.0 Å². The monoisotopic (exact) mass is 458 g/mol. The van der Waals surface area contributed by atoms with Crippen LogP contribution in [0.5, 0.6) is 11.5 Å². The molecule has 0 aliphatic carbocycles. The first kappa shape index (κ1) is 21.2. The maximum Gasteiger partial charge on any atom is 0.316 e. The fraction of sp³-hybridized carbons (Fsp3) is 0.435. The first-order chi connectivity index (χ1) is 15.3. The average molecular weight is 459 g/mol. The number of fused-ring (bicyclic) bond motifs is 1. The molecule has 2 amide bonds. The fourth-order valence-electron chi connectivity index (χ4n) is 5.29. The van der Waals surface area contributed by atoms with Gasteiger partial charge in [-0.25, -0.2) is 4.79 Å². The summed E-state index contributed by atoms with van der Waals surface area (Å²) in [5, 5.41) is 24.1. The summed E-state index contributed by atoms with van der Waals surface area (Å²) in [7, 11) is 0. The zero-order valence-electron chi connectivity index (χ0n) is 17.6. The highest BCUT2D eigenvalue weighted by molar-refractivity contribution is 6.30. The van der Waals surface area contributed by atoms with E-state index in [0.717, 1.165) is 48.7 Å². The average Bonchev–Trinajstić information content (AvgIpc) is 3.29. The van der Waals surface area contributed by atoms with Crippen molar-refractivity contribution >= 4 is 29.0 Å². The number of phenolic OH excluding ortho intramolecular Hbond substituents is 1. The number of primary amides is 1. The molecule has 2 aromatic carbocycles. The van der Waals surface area contributed by atoms with Crippen LogP contribution in [0.25, 0.3) is 0 Å². The van der Waals surface area contributed by atoms with Crippen LogP contribution in [-0.2, 0) is 6.42 Å². The van der Waals surface area contributed by atoms with Gasteiger partial charge in [-0.1, -0.05) is 11.6 Å². The SMILES string of the molecule is NC(=O)Nc1ccc(O)cc1N1CC(N2CCC3(CC2)Cc2cc(Cl)ccc2O3)[C@H](O)C1. The molecule has 0 bridgehead atoms. The maximum absolute atomic E-state index is 11.4. The molecule has 9 heteroatoms. The molecule has 2 atom stereocenters. The number of nitrogens with zero attached hydrogens (tertiary/aromatic N) is 2. The molecule has 2 saturated heterocycles. The number of nitrogens with one attached hydrogen (secondary N) is 1. The number of urea groups is 1. The van der Waals surface area contributed by atoms with Crippen molar-refractivity contribution in [1.82, 2.24) is 4.90 Å². The number of benzene rings is 2. The number of rotatable bonds is 3. The molecule has 3 heterocycles. The molecule has 0 radical (unpaired) electrons. The lowest BCUT2D eigenvalue weighted by atomic mass is 9.86. The highest BCUT2D eigenvalue weighted by Crippen LogP contribution is 2.43. The number of halogens is 1. The van der Waals surface area contributed by atoms with Crippen molar-refractivity contribution in [2.24, 2.45) is 5.73 Å².